The third-order valence-electron chi connectivity index (χ3n) is 3.35. The van der Waals surface area contributed by atoms with E-state index in [1.807, 2.05) is 43.3 Å². The van der Waals surface area contributed by atoms with Gasteiger partial charge in [0.05, 0.1) is 7.11 Å². The summed E-state index contributed by atoms with van der Waals surface area (Å²) in [6.45, 7) is 2.48. The van der Waals surface area contributed by atoms with Crippen molar-refractivity contribution < 1.29 is 14.3 Å². The monoisotopic (exact) mass is 285 g/mol. The molecule has 21 heavy (non-hydrogen) atoms. The molecule has 0 heterocycles. The number of hydrogen-bond acceptors (Lipinski definition) is 3. The number of hydrogen-bond donors (Lipinski definition) is 0. The Balaban J connectivity index is 2.36. The zero-order chi connectivity index (χ0) is 15.2. The van der Waals surface area contributed by atoms with Crippen LogP contribution in [0.3, 0.4) is 0 Å². The van der Waals surface area contributed by atoms with Gasteiger partial charge in [0.2, 0.25) is 0 Å². The Hall–Kier alpha value is -2.36. The third-order valence-corrected chi connectivity index (χ3v) is 3.35. The van der Waals surface area contributed by atoms with Crippen LogP contribution >= 0.6 is 0 Å². The predicted octanol–water partition coefficient (Wildman–Crippen LogP) is 2.87. The molecule has 2 aromatic carbocycles. The van der Waals surface area contributed by atoms with Crippen LogP contribution in [0.25, 0.3) is 10.8 Å². The van der Waals surface area contributed by atoms with Gasteiger partial charge in [0, 0.05) is 12.1 Å². The Morgan fingerprint density at radius 3 is 2.52 bits per heavy atom. The first-order valence-corrected chi connectivity index (χ1v) is 7.01. The van der Waals surface area contributed by atoms with E-state index in [2.05, 4.69) is 4.74 Å². The first kappa shape index (κ1) is 15.0. The maximum atomic E-state index is 12.7. The fourth-order valence-electron chi connectivity index (χ4n) is 2.32. The van der Waals surface area contributed by atoms with E-state index in [0.29, 0.717) is 12.1 Å². The molecule has 0 radical (unpaired) electrons. The van der Waals surface area contributed by atoms with Crippen LogP contribution in [0.5, 0.6) is 0 Å². The minimum atomic E-state index is -0.406. The van der Waals surface area contributed by atoms with Crippen molar-refractivity contribution in [1.82, 2.24) is 4.90 Å². The SMILES string of the molecule is CCCN(CC(=O)OC)C(=O)c1cccc2ccccc12. The van der Waals surface area contributed by atoms with Crippen molar-refractivity contribution in [2.45, 2.75) is 13.3 Å². The second-order valence-electron chi connectivity index (χ2n) is 4.83. The van der Waals surface area contributed by atoms with Crippen molar-refractivity contribution in [1.29, 1.82) is 0 Å². The highest BCUT2D eigenvalue weighted by atomic mass is 16.5. The molecular weight excluding hydrogens is 266 g/mol. The third kappa shape index (κ3) is 3.40. The molecule has 0 saturated heterocycles. The van der Waals surface area contributed by atoms with Crippen LogP contribution in [0.1, 0.15) is 23.7 Å². The van der Waals surface area contributed by atoms with Crippen molar-refractivity contribution in [3.05, 3.63) is 48.0 Å². The molecule has 4 nitrogen and oxygen atoms in total. The number of carbonyl (C=O) groups is 2. The summed E-state index contributed by atoms with van der Waals surface area (Å²) in [4.78, 5) is 25.7. The first-order valence-electron chi connectivity index (χ1n) is 7.01. The number of nitrogens with zero attached hydrogens (tertiary/aromatic N) is 1. The van der Waals surface area contributed by atoms with Crippen LogP contribution in [0, 0.1) is 0 Å². The molecule has 1 amide bonds. The van der Waals surface area contributed by atoms with Crippen molar-refractivity contribution >= 4 is 22.6 Å². The summed E-state index contributed by atoms with van der Waals surface area (Å²) in [6.07, 6.45) is 0.785. The summed E-state index contributed by atoms with van der Waals surface area (Å²) in [7, 11) is 1.33. The van der Waals surface area contributed by atoms with E-state index in [1.165, 1.54) is 12.0 Å². The molecule has 0 bridgehead atoms. The number of amides is 1. The van der Waals surface area contributed by atoms with E-state index in [-0.39, 0.29) is 12.5 Å². The van der Waals surface area contributed by atoms with Gasteiger partial charge in [-0.05, 0) is 23.3 Å². The largest absolute Gasteiger partial charge is 0.468 e. The van der Waals surface area contributed by atoms with E-state index in [9.17, 15) is 9.59 Å². The van der Waals surface area contributed by atoms with Crippen LogP contribution in [0.15, 0.2) is 42.5 Å². The minimum absolute atomic E-state index is 0.0214. The maximum Gasteiger partial charge on any atom is 0.325 e. The highest BCUT2D eigenvalue weighted by Gasteiger charge is 2.20. The smallest absolute Gasteiger partial charge is 0.325 e. The summed E-state index contributed by atoms with van der Waals surface area (Å²) in [6, 6.07) is 13.4. The summed E-state index contributed by atoms with van der Waals surface area (Å²) in [5, 5.41) is 1.91. The summed E-state index contributed by atoms with van der Waals surface area (Å²) in [5.41, 5.74) is 0.616. The molecule has 0 atom stereocenters. The maximum absolute atomic E-state index is 12.7. The van der Waals surface area contributed by atoms with Gasteiger partial charge in [-0.3, -0.25) is 9.59 Å². The summed E-state index contributed by atoms with van der Waals surface area (Å²) in [5.74, 6) is -0.545. The molecule has 0 aromatic heterocycles. The fourth-order valence-corrected chi connectivity index (χ4v) is 2.32. The molecule has 0 spiro atoms. The first-order chi connectivity index (χ1) is 10.2. The second-order valence-corrected chi connectivity index (χ2v) is 4.83. The number of benzene rings is 2. The Morgan fingerprint density at radius 1 is 1.10 bits per heavy atom. The number of esters is 1. The molecule has 2 aromatic rings. The Morgan fingerprint density at radius 2 is 1.81 bits per heavy atom. The van der Waals surface area contributed by atoms with Gasteiger partial charge < -0.3 is 9.64 Å². The summed E-state index contributed by atoms with van der Waals surface area (Å²) >= 11 is 0. The zero-order valence-electron chi connectivity index (χ0n) is 12.3. The highest BCUT2D eigenvalue weighted by Crippen LogP contribution is 2.20. The molecule has 0 N–H and O–H groups in total. The highest BCUT2D eigenvalue weighted by molar-refractivity contribution is 6.07. The van der Waals surface area contributed by atoms with E-state index in [4.69, 9.17) is 0 Å². The average Bonchev–Trinajstić information content (AvgIpc) is 2.53. The number of methoxy groups -OCH3 is 1. The van der Waals surface area contributed by atoms with Gasteiger partial charge in [-0.1, -0.05) is 43.3 Å². The average molecular weight is 285 g/mol. The molecule has 0 aliphatic rings. The van der Waals surface area contributed by atoms with Crippen molar-refractivity contribution in [3.8, 4) is 0 Å². The Kier molecular flexibility index (Phi) is 4.93. The standard InChI is InChI=1S/C17H19NO3/c1-3-11-18(12-16(19)21-2)17(20)15-10-6-8-13-7-4-5-9-14(13)15/h4-10H,3,11-12H2,1-2H3. The van der Waals surface area contributed by atoms with Crippen LogP contribution in [0.2, 0.25) is 0 Å². The Bertz CT molecular complexity index is 646. The quantitative estimate of drug-likeness (QED) is 0.794. The van der Waals surface area contributed by atoms with E-state index < -0.39 is 5.97 Å². The molecule has 0 saturated carbocycles. The van der Waals surface area contributed by atoms with Gasteiger partial charge in [-0.2, -0.15) is 0 Å². The number of ether oxygens (including phenoxy) is 1. The van der Waals surface area contributed by atoms with Crippen LogP contribution < -0.4 is 0 Å². The van der Waals surface area contributed by atoms with Crippen molar-refractivity contribution in [3.63, 3.8) is 0 Å². The molecule has 0 aliphatic heterocycles. The van der Waals surface area contributed by atoms with Gasteiger partial charge in [-0.15, -0.1) is 0 Å². The lowest BCUT2D eigenvalue weighted by molar-refractivity contribution is -0.141. The van der Waals surface area contributed by atoms with Crippen LogP contribution in [0.4, 0.5) is 0 Å². The predicted molar refractivity (Wildman–Crippen MR) is 82.2 cm³/mol. The molecule has 0 fully saturated rings. The molecule has 110 valence electrons. The van der Waals surface area contributed by atoms with Crippen molar-refractivity contribution in [2.24, 2.45) is 0 Å². The normalized spacial score (nSPS) is 10.4. The molecule has 2 rings (SSSR count). The van der Waals surface area contributed by atoms with E-state index >= 15 is 0 Å². The van der Waals surface area contributed by atoms with Gasteiger partial charge in [0.25, 0.3) is 5.91 Å². The molecule has 0 unspecified atom stereocenters. The van der Waals surface area contributed by atoms with Gasteiger partial charge in [-0.25, -0.2) is 0 Å². The molecule has 0 aliphatic carbocycles. The molecule has 4 heteroatoms. The van der Waals surface area contributed by atoms with Crippen LogP contribution in [-0.2, 0) is 9.53 Å². The lowest BCUT2D eigenvalue weighted by Gasteiger charge is -2.21. The van der Waals surface area contributed by atoms with E-state index in [1.54, 1.807) is 6.07 Å². The molecular formula is C17H19NO3. The number of fused-ring (bicyclic) bond motifs is 1. The fraction of sp³-hybridized carbons (Fsp3) is 0.294. The zero-order valence-corrected chi connectivity index (χ0v) is 12.3. The lowest BCUT2D eigenvalue weighted by atomic mass is 10.0. The van der Waals surface area contributed by atoms with Gasteiger partial charge in [0.1, 0.15) is 6.54 Å². The topological polar surface area (TPSA) is 46.6 Å². The van der Waals surface area contributed by atoms with Gasteiger partial charge in [0.15, 0.2) is 0 Å². The lowest BCUT2D eigenvalue weighted by Crippen LogP contribution is -2.36. The Labute approximate surface area is 124 Å². The van der Waals surface area contributed by atoms with Gasteiger partial charge >= 0.3 is 5.97 Å². The van der Waals surface area contributed by atoms with E-state index in [0.717, 1.165) is 17.2 Å². The number of rotatable bonds is 5. The minimum Gasteiger partial charge on any atom is -0.468 e. The second kappa shape index (κ2) is 6.88. The summed E-state index contributed by atoms with van der Waals surface area (Å²) < 4.78 is 4.67. The van der Waals surface area contributed by atoms with Crippen molar-refractivity contribution in [2.75, 3.05) is 20.2 Å². The number of carbonyl (C=O) groups excluding carboxylic acids is 2. The van der Waals surface area contributed by atoms with Crippen LogP contribution in [-0.4, -0.2) is 37.0 Å².